The van der Waals surface area contributed by atoms with Crippen LogP contribution in [0.2, 0.25) is 0 Å². The van der Waals surface area contributed by atoms with E-state index in [-0.39, 0.29) is 36.1 Å². The maximum Gasteiger partial charge on any atom is 0.224 e. The largest absolute Gasteiger partial charge is 0.349 e. The smallest absolute Gasteiger partial charge is 0.224 e. The number of nitrogens with one attached hydrogen (secondary N) is 2. The second-order valence-electron chi connectivity index (χ2n) is 6.63. The van der Waals surface area contributed by atoms with Gasteiger partial charge in [-0.3, -0.25) is 4.79 Å². The second-order valence-corrected chi connectivity index (χ2v) is 6.63. The Bertz CT molecular complexity index is 513. The van der Waals surface area contributed by atoms with Crippen LogP contribution >= 0.6 is 12.4 Å². The zero-order valence-corrected chi connectivity index (χ0v) is 14.2. The number of amides is 1. The summed E-state index contributed by atoms with van der Waals surface area (Å²) in [6.07, 6.45) is 6.63. The number of halogens is 2. The molecule has 1 aromatic carbocycles. The number of benzene rings is 1. The maximum absolute atomic E-state index is 13.6. The van der Waals surface area contributed by atoms with Gasteiger partial charge in [0.2, 0.25) is 5.91 Å². The molecule has 23 heavy (non-hydrogen) atoms. The Hall–Kier alpha value is -1.13. The van der Waals surface area contributed by atoms with Crippen LogP contribution in [-0.4, -0.2) is 19.0 Å². The van der Waals surface area contributed by atoms with E-state index < -0.39 is 0 Å². The van der Waals surface area contributed by atoms with E-state index in [9.17, 15) is 9.18 Å². The Labute approximate surface area is 143 Å². The van der Waals surface area contributed by atoms with Gasteiger partial charge in [-0.1, -0.05) is 25.0 Å². The number of hydrogen-bond acceptors (Lipinski definition) is 2. The molecule has 2 unspecified atom stereocenters. The Morgan fingerprint density at radius 2 is 2.00 bits per heavy atom. The quantitative estimate of drug-likeness (QED) is 0.879. The molecule has 1 saturated carbocycles. The number of carbonyl (C=O) groups is 1. The molecule has 0 radical (unpaired) electrons. The van der Waals surface area contributed by atoms with Crippen LogP contribution in [0.25, 0.3) is 0 Å². The van der Waals surface area contributed by atoms with Crippen molar-refractivity contribution < 1.29 is 9.18 Å². The van der Waals surface area contributed by atoms with Gasteiger partial charge in [-0.2, -0.15) is 0 Å². The van der Waals surface area contributed by atoms with E-state index in [0.29, 0.717) is 5.92 Å². The normalized spacial score (nSPS) is 23.1. The van der Waals surface area contributed by atoms with Crippen molar-refractivity contribution in [1.82, 2.24) is 10.6 Å². The van der Waals surface area contributed by atoms with Crippen LogP contribution in [0.15, 0.2) is 24.3 Å². The summed E-state index contributed by atoms with van der Waals surface area (Å²) in [5.74, 6) is 0.371. The van der Waals surface area contributed by atoms with E-state index in [4.69, 9.17) is 0 Å². The first kappa shape index (κ1) is 18.2. The molecule has 3 nitrogen and oxygen atoms in total. The lowest BCUT2D eigenvalue weighted by molar-refractivity contribution is -0.126. The summed E-state index contributed by atoms with van der Waals surface area (Å²) < 4.78 is 13.6. The molecular weight excluding hydrogens is 315 g/mol. The lowest BCUT2D eigenvalue weighted by atomic mass is 9.90. The van der Waals surface area contributed by atoms with Gasteiger partial charge >= 0.3 is 0 Å². The highest BCUT2D eigenvalue weighted by Gasteiger charge is 2.30. The van der Waals surface area contributed by atoms with Crippen LogP contribution in [-0.2, 0) is 4.79 Å². The summed E-state index contributed by atoms with van der Waals surface area (Å²) in [5, 5.41) is 6.51. The van der Waals surface area contributed by atoms with Crippen molar-refractivity contribution in [3.05, 3.63) is 35.6 Å². The fourth-order valence-electron chi connectivity index (χ4n) is 3.81. The summed E-state index contributed by atoms with van der Waals surface area (Å²) in [6, 6.07) is 6.66. The zero-order chi connectivity index (χ0) is 15.4. The van der Waals surface area contributed by atoms with Crippen molar-refractivity contribution >= 4 is 18.3 Å². The van der Waals surface area contributed by atoms with Crippen molar-refractivity contribution in [2.75, 3.05) is 13.1 Å². The number of carbonyl (C=O) groups excluding carboxylic acids is 1. The molecule has 1 saturated heterocycles. The summed E-state index contributed by atoms with van der Waals surface area (Å²) in [7, 11) is 0. The molecule has 0 spiro atoms. The minimum Gasteiger partial charge on any atom is -0.349 e. The van der Waals surface area contributed by atoms with Crippen LogP contribution < -0.4 is 10.6 Å². The standard InChI is InChI=1S/C18H25FN2O.ClH/c19-16-9-3-7-14(11-16)17(13-5-1-2-6-13)21-18(22)15-8-4-10-20-12-15;/h3,7,9,11,13,15,17,20H,1-2,4-6,8,10,12H2,(H,21,22);1H. The SMILES string of the molecule is Cl.O=C(NC(c1cccc(F)c1)C1CCCC1)C1CCCNC1. The second kappa shape index (κ2) is 8.65. The van der Waals surface area contributed by atoms with Crippen LogP contribution in [0.1, 0.15) is 50.1 Å². The predicted molar refractivity (Wildman–Crippen MR) is 92.1 cm³/mol. The number of hydrogen-bond donors (Lipinski definition) is 2. The third-order valence-corrected chi connectivity index (χ3v) is 5.04. The summed E-state index contributed by atoms with van der Waals surface area (Å²) >= 11 is 0. The molecule has 2 aliphatic rings. The highest BCUT2D eigenvalue weighted by molar-refractivity contribution is 5.85. The molecule has 1 amide bonds. The molecule has 2 atom stereocenters. The number of piperidine rings is 1. The molecule has 1 aromatic rings. The minimum atomic E-state index is -0.228. The molecule has 1 heterocycles. The van der Waals surface area contributed by atoms with Crippen LogP contribution in [0.4, 0.5) is 4.39 Å². The van der Waals surface area contributed by atoms with Gasteiger partial charge in [0.05, 0.1) is 12.0 Å². The van der Waals surface area contributed by atoms with Crippen molar-refractivity contribution in [2.45, 2.75) is 44.6 Å². The average molecular weight is 341 g/mol. The van der Waals surface area contributed by atoms with E-state index in [1.54, 1.807) is 12.1 Å². The van der Waals surface area contributed by atoms with E-state index in [0.717, 1.165) is 44.3 Å². The first-order valence-corrected chi connectivity index (χ1v) is 8.50. The fraction of sp³-hybridized carbons (Fsp3) is 0.611. The summed E-state index contributed by atoms with van der Waals surface area (Å²) in [6.45, 7) is 1.76. The summed E-state index contributed by atoms with van der Waals surface area (Å²) in [5.41, 5.74) is 0.906. The Kier molecular flexibility index (Phi) is 6.85. The molecule has 2 fully saturated rings. The van der Waals surface area contributed by atoms with Gasteiger partial charge in [-0.25, -0.2) is 4.39 Å². The van der Waals surface area contributed by atoms with Gasteiger partial charge in [0, 0.05) is 6.54 Å². The van der Waals surface area contributed by atoms with Gasteiger partial charge in [-0.15, -0.1) is 12.4 Å². The fourth-order valence-corrected chi connectivity index (χ4v) is 3.81. The van der Waals surface area contributed by atoms with Gasteiger partial charge in [-0.05, 0) is 55.8 Å². The molecule has 2 N–H and O–H groups in total. The van der Waals surface area contributed by atoms with E-state index in [1.165, 1.54) is 18.9 Å². The van der Waals surface area contributed by atoms with Crippen molar-refractivity contribution in [3.63, 3.8) is 0 Å². The molecule has 3 rings (SSSR count). The van der Waals surface area contributed by atoms with Crippen molar-refractivity contribution in [3.8, 4) is 0 Å². The van der Waals surface area contributed by atoms with Crippen LogP contribution in [0, 0.1) is 17.7 Å². The third kappa shape index (κ3) is 4.67. The van der Waals surface area contributed by atoms with Gasteiger partial charge in [0.1, 0.15) is 5.82 Å². The third-order valence-electron chi connectivity index (χ3n) is 5.04. The van der Waals surface area contributed by atoms with Gasteiger partial charge < -0.3 is 10.6 Å². The molecule has 0 aromatic heterocycles. The monoisotopic (exact) mass is 340 g/mol. The van der Waals surface area contributed by atoms with E-state index >= 15 is 0 Å². The van der Waals surface area contributed by atoms with Crippen LogP contribution in [0.5, 0.6) is 0 Å². The molecule has 1 aliphatic carbocycles. The highest BCUT2D eigenvalue weighted by atomic mass is 35.5. The average Bonchev–Trinajstić information content (AvgIpc) is 3.07. The van der Waals surface area contributed by atoms with E-state index in [1.807, 2.05) is 6.07 Å². The van der Waals surface area contributed by atoms with E-state index in [2.05, 4.69) is 10.6 Å². The minimum absolute atomic E-state index is 0. The van der Waals surface area contributed by atoms with Gasteiger partial charge in [0.25, 0.3) is 0 Å². The molecular formula is C18H26ClFN2O. The first-order chi connectivity index (χ1) is 10.7. The maximum atomic E-state index is 13.6. The zero-order valence-electron chi connectivity index (χ0n) is 13.4. The lowest BCUT2D eigenvalue weighted by Crippen LogP contribution is -2.43. The molecule has 0 bridgehead atoms. The topological polar surface area (TPSA) is 41.1 Å². The Balaban J connectivity index is 0.00000192. The van der Waals surface area contributed by atoms with Gasteiger partial charge in [0.15, 0.2) is 0 Å². The molecule has 5 heteroatoms. The Morgan fingerprint density at radius 1 is 1.22 bits per heavy atom. The highest BCUT2D eigenvalue weighted by Crippen LogP contribution is 2.36. The van der Waals surface area contributed by atoms with Crippen molar-refractivity contribution in [1.29, 1.82) is 0 Å². The predicted octanol–water partition coefficient (Wildman–Crippen LogP) is 3.59. The van der Waals surface area contributed by atoms with Crippen molar-refractivity contribution in [2.24, 2.45) is 11.8 Å². The molecule has 128 valence electrons. The van der Waals surface area contributed by atoms with Crippen LogP contribution in [0.3, 0.4) is 0 Å². The summed E-state index contributed by atoms with van der Waals surface area (Å²) in [4.78, 5) is 12.6. The number of rotatable bonds is 4. The molecule has 1 aliphatic heterocycles. The first-order valence-electron chi connectivity index (χ1n) is 8.50. The lowest BCUT2D eigenvalue weighted by Gasteiger charge is -2.29. The Morgan fingerprint density at radius 3 is 2.65 bits per heavy atom.